The summed E-state index contributed by atoms with van der Waals surface area (Å²) < 4.78 is 27.0. The molecule has 0 spiro atoms. The van der Waals surface area contributed by atoms with Crippen LogP contribution in [-0.2, 0) is 13.1 Å². The highest BCUT2D eigenvalue weighted by Crippen LogP contribution is 2.23. The van der Waals surface area contributed by atoms with Crippen molar-refractivity contribution in [1.82, 2.24) is 19.7 Å². The number of rotatable bonds is 2. The molecular formula is C15H16F2N4O. The van der Waals surface area contributed by atoms with Crippen LogP contribution in [0.4, 0.5) is 8.78 Å². The van der Waals surface area contributed by atoms with Gasteiger partial charge in [-0.25, -0.2) is 8.78 Å². The number of hydrogen-bond acceptors (Lipinski definition) is 3. The number of alkyl halides is 2. The van der Waals surface area contributed by atoms with Gasteiger partial charge in [0.25, 0.3) is 12.3 Å². The maximum Gasteiger partial charge on any atom is 0.297 e. The Morgan fingerprint density at radius 2 is 2.00 bits per heavy atom. The molecule has 2 heterocycles. The summed E-state index contributed by atoms with van der Waals surface area (Å²) in [7, 11) is 0. The van der Waals surface area contributed by atoms with Crippen molar-refractivity contribution in [3.8, 4) is 0 Å². The van der Waals surface area contributed by atoms with Crippen molar-refractivity contribution in [2.75, 3.05) is 6.54 Å². The molecule has 0 saturated heterocycles. The molecule has 0 bridgehead atoms. The molecule has 22 heavy (non-hydrogen) atoms. The van der Waals surface area contributed by atoms with E-state index in [4.69, 9.17) is 0 Å². The van der Waals surface area contributed by atoms with Gasteiger partial charge in [-0.05, 0) is 31.0 Å². The zero-order valence-corrected chi connectivity index (χ0v) is 12.4. The largest absolute Gasteiger partial charge is 0.329 e. The van der Waals surface area contributed by atoms with E-state index in [1.807, 2.05) is 26.0 Å². The number of aromatic nitrogens is 3. The van der Waals surface area contributed by atoms with Gasteiger partial charge in [-0.3, -0.25) is 4.79 Å². The van der Waals surface area contributed by atoms with E-state index >= 15 is 0 Å². The van der Waals surface area contributed by atoms with Gasteiger partial charge in [0.2, 0.25) is 0 Å². The Hall–Kier alpha value is -2.31. The first-order chi connectivity index (χ1) is 10.5. The lowest BCUT2D eigenvalue weighted by Gasteiger charge is -2.28. The Balaban J connectivity index is 1.85. The number of fused-ring (bicyclic) bond motifs is 1. The monoisotopic (exact) mass is 306 g/mol. The Morgan fingerprint density at radius 1 is 1.23 bits per heavy atom. The lowest BCUT2D eigenvalue weighted by atomic mass is 10.0. The van der Waals surface area contributed by atoms with Gasteiger partial charge in [0.15, 0.2) is 11.6 Å². The van der Waals surface area contributed by atoms with Crippen molar-refractivity contribution < 1.29 is 13.6 Å². The first-order valence-electron chi connectivity index (χ1n) is 7.04. The molecule has 0 unspecified atom stereocenters. The fraction of sp³-hybridized carbons (Fsp3) is 0.400. The second-order valence-electron chi connectivity index (χ2n) is 5.40. The van der Waals surface area contributed by atoms with Crippen molar-refractivity contribution in [2.45, 2.75) is 33.4 Å². The van der Waals surface area contributed by atoms with Gasteiger partial charge in [-0.2, -0.15) is 0 Å². The Labute approximate surface area is 126 Å². The zero-order chi connectivity index (χ0) is 15.9. The Morgan fingerprint density at radius 3 is 2.73 bits per heavy atom. The molecule has 1 aromatic heterocycles. The predicted molar refractivity (Wildman–Crippen MR) is 75.6 cm³/mol. The van der Waals surface area contributed by atoms with E-state index in [-0.39, 0.29) is 18.3 Å². The normalized spacial score (nSPS) is 14.3. The summed E-state index contributed by atoms with van der Waals surface area (Å²) in [5, 5.41) is 7.30. The van der Waals surface area contributed by atoms with Crippen LogP contribution in [0.15, 0.2) is 18.2 Å². The minimum Gasteiger partial charge on any atom is -0.329 e. The molecule has 0 radical (unpaired) electrons. The first kappa shape index (κ1) is 14.6. The van der Waals surface area contributed by atoms with Crippen LogP contribution in [-0.4, -0.2) is 32.1 Å². The maximum atomic E-state index is 12.8. The second-order valence-corrected chi connectivity index (χ2v) is 5.40. The van der Waals surface area contributed by atoms with Gasteiger partial charge in [0.1, 0.15) is 0 Å². The third-order valence-electron chi connectivity index (χ3n) is 4.10. The van der Waals surface area contributed by atoms with Crippen LogP contribution in [0.25, 0.3) is 0 Å². The van der Waals surface area contributed by atoms with E-state index in [1.165, 1.54) is 4.57 Å². The van der Waals surface area contributed by atoms with Crippen LogP contribution in [0.1, 0.15) is 39.6 Å². The third-order valence-corrected chi connectivity index (χ3v) is 4.10. The Kier molecular flexibility index (Phi) is 3.64. The summed E-state index contributed by atoms with van der Waals surface area (Å²) in [6, 6.07) is 5.58. The van der Waals surface area contributed by atoms with Gasteiger partial charge in [-0.1, -0.05) is 12.1 Å². The first-order valence-corrected chi connectivity index (χ1v) is 7.04. The molecule has 3 rings (SSSR count). The molecule has 1 amide bonds. The third kappa shape index (κ3) is 2.36. The number of aryl methyl sites for hydroxylation is 1. The number of amides is 1. The quantitative estimate of drug-likeness (QED) is 0.856. The SMILES string of the molecule is Cc1cccc(C(=O)N2CCn3c(nnc3C(F)F)C2)c1C. The van der Waals surface area contributed by atoms with E-state index in [1.54, 1.807) is 11.0 Å². The van der Waals surface area contributed by atoms with Crippen LogP contribution in [0.2, 0.25) is 0 Å². The van der Waals surface area contributed by atoms with Crippen molar-refractivity contribution >= 4 is 5.91 Å². The minimum atomic E-state index is -2.65. The lowest BCUT2D eigenvalue weighted by Crippen LogP contribution is -2.39. The van der Waals surface area contributed by atoms with Crippen LogP contribution in [0, 0.1) is 13.8 Å². The molecule has 1 aliphatic heterocycles. The van der Waals surface area contributed by atoms with Crippen molar-refractivity contribution in [3.05, 3.63) is 46.5 Å². The maximum absolute atomic E-state index is 12.8. The average molecular weight is 306 g/mol. The highest BCUT2D eigenvalue weighted by molar-refractivity contribution is 5.96. The van der Waals surface area contributed by atoms with Crippen molar-refractivity contribution in [1.29, 1.82) is 0 Å². The Bertz CT molecular complexity index is 726. The summed E-state index contributed by atoms with van der Waals surface area (Å²) >= 11 is 0. The van der Waals surface area contributed by atoms with Crippen LogP contribution < -0.4 is 0 Å². The number of carbonyl (C=O) groups is 1. The molecule has 1 aliphatic rings. The van der Waals surface area contributed by atoms with E-state index in [0.717, 1.165) is 11.1 Å². The molecule has 0 atom stereocenters. The second kappa shape index (κ2) is 5.47. The van der Waals surface area contributed by atoms with Crippen LogP contribution in [0.5, 0.6) is 0 Å². The highest BCUT2D eigenvalue weighted by atomic mass is 19.3. The highest BCUT2D eigenvalue weighted by Gasteiger charge is 2.28. The fourth-order valence-electron chi connectivity index (χ4n) is 2.67. The van der Waals surface area contributed by atoms with Gasteiger partial charge in [-0.15, -0.1) is 10.2 Å². The van der Waals surface area contributed by atoms with E-state index in [9.17, 15) is 13.6 Å². The molecule has 0 N–H and O–H groups in total. The predicted octanol–water partition coefficient (Wildman–Crippen LogP) is 2.49. The summed E-state index contributed by atoms with van der Waals surface area (Å²) in [6.07, 6.45) is -2.65. The molecule has 0 fully saturated rings. The van der Waals surface area contributed by atoms with Crippen molar-refractivity contribution in [3.63, 3.8) is 0 Å². The van der Waals surface area contributed by atoms with Gasteiger partial charge in [0.05, 0.1) is 6.54 Å². The number of halogens is 2. The number of hydrogen-bond donors (Lipinski definition) is 0. The minimum absolute atomic E-state index is 0.103. The van der Waals surface area contributed by atoms with Gasteiger partial charge in [0, 0.05) is 18.7 Å². The summed E-state index contributed by atoms with van der Waals surface area (Å²) in [6.45, 7) is 4.72. The van der Waals surface area contributed by atoms with Gasteiger partial charge >= 0.3 is 0 Å². The van der Waals surface area contributed by atoms with E-state index < -0.39 is 6.43 Å². The standard InChI is InChI=1S/C15H16F2N4O/c1-9-4-3-5-11(10(9)2)15(22)20-6-7-21-12(8-20)18-19-14(21)13(16)17/h3-5,13H,6-8H2,1-2H3. The smallest absolute Gasteiger partial charge is 0.297 e. The molecule has 0 aliphatic carbocycles. The number of nitrogens with zero attached hydrogens (tertiary/aromatic N) is 4. The summed E-state index contributed by atoms with van der Waals surface area (Å²) in [5.74, 6) is -0.0249. The van der Waals surface area contributed by atoms with Gasteiger partial charge < -0.3 is 9.47 Å². The average Bonchev–Trinajstić information content (AvgIpc) is 2.92. The number of carbonyl (C=O) groups excluding carboxylic acids is 1. The van der Waals surface area contributed by atoms with E-state index in [0.29, 0.717) is 24.5 Å². The molecule has 2 aromatic rings. The molecule has 116 valence electrons. The topological polar surface area (TPSA) is 51.0 Å². The van der Waals surface area contributed by atoms with Crippen LogP contribution in [0.3, 0.4) is 0 Å². The van der Waals surface area contributed by atoms with Crippen molar-refractivity contribution in [2.24, 2.45) is 0 Å². The molecular weight excluding hydrogens is 290 g/mol. The summed E-state index contributed by atoms with van der Waals surface area (Å²) in [5.41, 5.74) is 2.63. The number of benzene rings is 1. The van der Waals surface area contributed by atoms with Crippen LogP contribution >= 0.6 is 0 Å². The fourth-order valence-corrected chi connectivity index (χ4v) is 2.67. The zero-order valence-electron chi connectivity index (χ0n) is 12.4. The molecule has 0 saturated carbocycles. The van der Waals surface area contributed by atoms with E-state index in [2.05, 4.69) is 10.2 Å². The summed E-state index contributed by atoms with van der Waals surface area (Å²) in [4.78, 5) is 14.3. The lowest BCUT2D eigenvalue weighted by molar-refractivity contribution is 0.0698. The molecule has 5 nitrogen and oxygen atoms in total. The molecule has 7 heteroatoms. The molecule has 1 aromatic carbocycles.